The Morgan fingerprint density at radius 1 is 0.636 bits per heavy atom. The van der Waals surface area contributed by atoms with Gasteiger partial charge in [0.25, 0.3) is 18.3 Å². The summed E-state index contributed by atoms with van der Waals surface area (Å²) in [5, 5.41) is 23.8. The summed E-state index contributed by atoms with van der Waals surface area (Å²) in [6, 6.07) is 24.9. The van der Waals surface area contributed by atoms with Gasteiger partial charge in [-0.15, -0.1) is 12.4 Å². The van der Waals surface area contributed by atoms with Crippen LogP contribution in [0.3, 0.4) is 0 Å². The molecule has 0 spiro atoms. The van der Waals surface area contributed by atoms with E-state index in [1.165, 1.54) is 12.8 Å². The van der Waals surface area contributed by atoms with Crippen LogP contribution >= 0.6 is 12.4 Å². The van der Waals surface area contributed by atoms with Crippen LogP contribution in [0.15, 0.2) is 103 Å². The minimum atomic E-state index is -4.79. The van der Waals surface area contributed by atoms with E-state index in [1.807, 2.05) is 11.8 Å². The van der Waals surface area contributed by atoms with Gasteiger partial charge >= 0.3 is 121 Å². The second kappa shape index (κ2) is 39.0. The minimum absolute atomic E-state index is 0. The number of hydrogen-bond donors (Lipinski definition) is 3. The Hall–Kier alpha value is -4.57. The van der Waals surface area contributed by atoms with Crippen molar-refractivity contribution >= 4 is 54.4 Å². The van der Waals surface area contributed by atoms with E-state index in [9.17, 15) is 55.1 Å². The standard InChI is InChI=1S/C26H32F3N5O3.C21H18F3N3O3.C11H20N2O.CH2O3.ClH.2K.H/c1-18-16-33(15-11-20(18)25(37)32-13-5-6-14-32)22(35)10-7-12-30-24(36)21-17-34(19-8-3-2-4-9-19)31-23(21)26(27,28)29;22-21(23,24)19-17(14-27(26-19)15-8-3-1-4-9-15)20(29)25-13-7-12-18(28)30-16-10-5-2-6-11-16;1-9-8-12-5-4-10(9)11(14)13-6-2-3-7-13;2-1-4-3;;;;/h2-4,8-9,17-18,20H,5-7,10-16H2,1H3,(H,30,36);1-6,8-11,14H,7,12-13H2,(H,25,29);9-10,12H,2-8H2,1H3;1,3H;1H;;;/q;;;;;2*+1;-1/p-1. The molecule has 4 aliphatic rings. The molecule has 4 aliphatic heterocycles. The van der Waals surface area contributed by atoms with Gasteiger partial charge in [0, 0.05) is 89.4 Å². The van der Waals surface area contributed by atoms with Gasteiger partial charge in [-0.05, 0) is 113 Å². The molecule has 4 atom stereocenters. The SMILES string of the molecule is CC1CN(C(=O)CCCNC(=O)c2cn(-c3ccccc3)nc2C(F)(F)F)CCC1C(=O)N1CCCC1.CC1CNCCC1C(=O)N1CCCC1.Cl.O=C(CCCNC(=O)c1cn(-c2ccccc2)nc1C(F)(F)F)Oc1ccccc1.O=CO[O-].[H-].[K+].[K+]. The second-order valence-corrected chi connectivity index (χ2v) is 20.9. The van der Waals surface area contributed by atoms with Crippen LogP contribution in [-0.4, -0.2) is 142 Å². The molecule has 2 aromatic heterocycles. The summed E-state index contributed by atoms with van der Waals surface area (Å²) in [6.45, 7) is 10.7. The van der Waals surface area contributed by atoms with Crippen LogP contribution in [0, 0.1) is 23.7 Å². The number of alkyl halides is 6. The fourth-order valence-corrected chi connectivity index (χ4v) is 10.3. The van der Waals surface area contributed by atoms with Gasteiger partial charge in [0.2, 0.25) is 17.7 Å². The van der Waals surface area contributed by atoms with Gasteiger partial charge in [-0.1, -0.05) is 68.4 Å². The molecule has 88 heavy (non-hydrogen) atoms. The molecule has 4 saturated heterocycles. The molecule has 0 radical (unpaired) electrons. The molecule has 3 N–H and O–H groups in total. The minimum Gasteiger partial charge on any atom is -1.00 e. The summed E-state index contributed by atoms with van der Waals surface area (Å²) in [5.74, 6) is -0.596. The van der Waals surface area contributed by atoms with Gasteiger partial charge in [0.15, 0.2) is 11.4 Å². The zero-order valence-corrected chi connectivity index (χ0v) is 56.8. The van der Waals surface area contributed by atoms with Crippen LogP contribution in [0.4, 0.5) is 26.3 Å². The third-order valence-electron chi connectivity index (χ3n) is 14.7. The quantitative estimate of drug-likeness (QED) is 0.0185. The predicted molar refractivity (Wildman–Crippen MR) is 303 cm³/mol. The number of carbonyl (C=O) groups is 7. The first-order valence-corrected chi connectivity index (χ1v) is 28.2. The monoisotopic (exact) mass is 1310 g/mol. The van der Waals surface area contributed by atoms with E-state index in [0.29, 0.717) is 54.9 Å². The fraction of sp³-hybridized carbons (Fsp3) is 0.475. The molecule has 20 nitrogen and oxygen atoms in total. The van der Waals surface area contributed by atoms with Crippen molar-refractivity contribution in [1.82, 2.24) is 50.2 Å². The number of amides is 5. The molecule has 6 heterocycles. The van der Waals surface area contributed by atoms with Crippen LogP contribution in [-0.2, 0) is 41.2 Å². The van der Waals surface area contributed by atoms with Crippen molar-refractivity contribution in [2.45, 2.75) is 90.4 Å². The van der Waals surface area contributed by atoms with Crippen molar-refractivity contribution in [3.63, 3.8) is 0 Å². The predicted octanol–water partition coefficient (Wildman–Crippen LogP) is 1.35. The molecule has 3 aromatic carbocycles. The molecule has 9 rings (SSSR count). The Morgan fingerprint density at radius 3 is 1.47 bits per heavy atom. The van der Waals surface area contributed by atoms with Gasteiger partial charge in [-0.2, -0.15) is 36.5 Å². The van der Waals surface area contributed by atoms with Gasteiger partial charge in [-0.25, -0.2) is 9.36 Å². The Labute approximate surface area is 599 Å². The van der Waals surface area contributed by atoms with Gasteiger partial charge < -0.3 is 47.0 Å². The first-order valence-electron chi connectivity index (χ1n) is 28.2. The molecule has 4 fully saturated rings. The van der Waals surface area contributed by atoms with Crippen molar-refractivity contribution in [1.29, 1.82) is 0 Å². The normalized spacial score (nSPS) is 17.9. The summed E-state index contributed by atoms with van der Waals surface area (Å²) in [7, 11) is 0. The van der Waals surface area contributed by atoms with E-state index in [4.69, 9.17) is 14.8 Å². The number of aromatic nitrogens is 4. The first-order chi connectivity index (χ1) is 40.7. The van der Waals surface area contributed by atoms with Gasteiger partial charge in [-0.3, -0.25) is 33.6 Å². The third kappa shape index (κ3) is 23.9. The largest absolute Gasteiger partial charge is 1.00 e. The average Bonchev–Trinajstić information content (AvgIpc) is 4.37. The van der Waals surface area contributed by atoms with E-state index in [2.05, 4.69) is 42.9 Å². The molecule has 0 saturated carbocycles. The molecule has 4 unspecified atom stereocenters. The molecule has 29 heteroatoms. The van der Waals surface area contributed by atoms with Crippen LogP contribution in [0.2, 0.25) is 0 Å². The zero-order chi connectivity index (χ0) is 61.5. The van der Waals surface area contributed by atoms with E-state index in [1.54, 1.807) is 95.9 Å². The molecular weight excluding hydrogens is 1240 g/mol. The summed E-state index contributed by atoms with van der Waals surface area (Å²) in [4.78, 5) is 91.2. The Kier molecular flexibility index (Phi) is 34.4. The maximum absolute atomic E-state index is 13.5. The molecular formula is C59H73ClF6K2N10O10. The van der Waals surface area contributed by atoms with Crippen molar-refractivity contribution in [2.24, 2.45) is 23.7 Å². The number of benzene rings is 3. The maximum Gasteiger partial charge on any atom is 1.00 e. The van der Waals surface area contributed by atoms with E-state index in [0.717, 1.165) is 80.3 Å². The molecule has 0 aliphatic carbocycles. The Balaban J connectivity index is 0.000000464. The number of rotatable bonds is 16. The van der Waals surface area contributed by atoms with Crippen LogP contribution in [0.1, 0.15) is 112 Å². The number of likely N-dealkylation sites (tertiary alicyclic amines) is 3. The van der Waals surface area contributed by atoms with Crippen molar-refractivity contribution in [2.75, 3.05) is 65.4 Å². The number of halogens is 7. The third-order valence-corrected chi connectivity index (χ3v) is 14.7. The van der Waals surface area contributed by atoms with Gasteiger partial charge in [0.1, 0.15) is 5.75 Å². The summed E-state index contributed by atoms with van der Waals surface area (Å²) >= 11 is 0. The van der Waals surface area contributed by atoms with E-state index in [-0.39, 0.29) is 185 Å². The zero-order valence-electron chi connectivity index (χ0n) is 50.7. The van der Waals surface area contributed by atoms with Crippen molar-refractivity contribution in [3.8, 4) is 17.1 Å². The number of piperidine rings is 2. The van der Waals surface area contributed by atoms with E-state index >= 15 is 0 Å². The topological polar surface area (TPSA) is 242 Å². The van der Waals surface area contributed by atoms with Crippen LogP contribution < -0.4 is 129 Å². The molecule has 0 bridgehead atoms. The number of nitrogens with zero attached hydrogens (tertiary/aromatic N) is 7. The van der Waals surface area contributed by atoms with E-state index < -0.39 is 52.7 Å². The maximum atomic E-state index is 13.5. The number of esters is 1. The fourth-order valence-electron chi connectivity index (χ4n) is 10.3. The first kappa shape index (κ1) is 77.7. The smallest absolute Gasteiger partial charge is 1.00 e. The number of ether oxygens (including phenoxy) is 1. The van der Waals surface area contributed by atoms with Crippen LogP contribution in [0.5, 0.6) is 5.75 Å². The Morgan fingerprint density at radius 2 is 1.06 bits per heavy atom. The van der Waals surface area contributed by atoms with Crippen molar-refractivity contribution < 1.29 is 179 Å². The summed E-state index contributed by atoms with van der Waals surface area (Å²) < 4.78 is 87.6. The summed E-state index contributed by atoms with van der Waals surface area (Å²) in [6.07, 6.45) is -0.666. The van der Waals surface area contributed by atoms with Crippen LogP contribution in [0.25, 0.3) is 11.4 Å². The number of carbonyl (C=O) groups excluding carboxylic acids is 7. The molecule has 470 valence electrons. The second-order valence-electron chi connectivity index (χ2n) is 20.9. The summed E-state index contributed by atoms with van der Waals surface area (Å²) in [5.41, 5.74) is -2.89. The number of hydrogen-bond acceptors (Lipinski definition) is 13. The molecule has 5 aromatic rings. The number of nitrogens with one attached hydrogen (secondary N) is 3. The number of para-hydroxylation sites is 3. The van der Waals surface area contributed by atoms with Crippen molar-refractivity contribution in [3.05, 3.63) is 126 Å². The Bertz CT molecular complexity index is 2980. The molecule has 5 amide bonds. The van der Waals surface area contributed by atoms with Gasteiger partial charge in [0.05, 0.1) is 22.5 Å². The average molecular weight is 1310 g/mol.